The largest absolute Gasteiger partial charge is 0.465 e. The molecular weight excluding hydrogens is 200 g/mol. The van der Waals surface area contributed by atoms with E-state index in [1.54, 1.807) is 0 Å². The summed E-state index contributed by atoms with van der Waals surface area (Å²) in [6, 6.07) is 10.2. The first-order valence-corrected chi connectivity index (χ1v) is 5.78. The number of hydrogen-bond donors (Lipinski definition) is 0. The molecule has 0 aliphatic rings. The van der Waals surface area contributed by atoms with E-state index in [0.717, 1.165) is 6.42 Å². The van der Waals surface area contributed by atoms with Crippen LogP contribution in [0.15, 0.2) is 30.3 Å². The number of hydrogen-bond acceptors (Lipinski definition) is 2. The highest BCUT2D eigenvalue weighted by molar-refractivity contribution is 5.65. The molecule has 2 nitrogen and oxygen atoms in total. The summed E-state index contributed by atoms with van der Waals surface area (Å²) in [5.74, 6) is 0.704. The topological polar surface area (TPSA) is 26.3 Å². The van der Waals surface area contributed by atoms with Gasteiger partial charge in [0, 0.05) is 12.8 Å². The van der Waals surface area contributed by atoms with Crippen molar-refractivity contribution in [3.8, 4) is 0 Å². The molecule has 1 atom stereocenters. The van der Waals surface area contributed by atoms with Crippen LogP contribution in [-0.2, 0) is 9.53 Å². The van der Waals surface area contributed by atoms with Crippen molar-refractivity contribution in [1.82, 2.24) is 0 Å². The van der Waals surface area contributed by atoms with Gasteiger partial charge >= 0.3 is 5.97 Å². The Balaban J connectivity index is 2.67. The molecule has 0 aromatic heterocycles. The van der Waals surface area contributed by atoms with Gasteiger partial charge in [0.15, 0.2) is 0 Å². The molecular formula is C14H20O2. The lowest BCUT2D eigenvalue weighted by Crippen LogP contribution is -2.13. The zero-order valence-electron chi connectivity index (χ0n) is 10.3. The first kappa shape index (κ1) is 12.8. The molecule has 0 aliphatic heterocycles. The van der Waals surface area contributed by atoms with Gasteiger partial charge in [-0.2, -0.15) is 0 Å². The molecule has 0 amide bonds. The minimum atomic E-state index is -0.204. The molecule has 0 bridgehead atoms. The van der Waals surface area contributed by atoms with E-state index in [1.165, 1.54) is 12.5 Å². The maximum absolute atomic E-state index is 10.8. The van der Waals surface area contributed by atoms with Gasteiger partial charge in [0.1, 0.15) is 0 Å². The van der Waals surface area contributed by atoms with E-state index in [-0.39, 0.29) is 5.97 Å². The van der Waals surface area contributed by atoms with Crippen molar-refractivity contribution >= 4 is 5.97 Å². The minimum Gasteiger partial charge on any atom is -0.465 e. The van der Waals surface area contributed by atoms with E-state index >= 15 is 0 Å². The molecule has 0 saturated carbocycles. The summed E-state index contributed by atoms with van der Waals surface area (Å²) >= 11 is 0. The van der Waals surface area contributed by atoms with Crippen LogP contribution in [0.25, 0.3) is 0 Å². The Morgan fingerprint density at radius 1 is 1.25 bits per heavy atom. The molecule has 0 heterocycles. The number of carbonyl (C=O) groups excluding carboxylic acids is 1. The molecule has 0 saturated heterocycles. The van der Waals surface area contributed by atoms with Crippen LogP contribution in [0, 0.1) is 5.92 Å². The Kier molecular flexibility index (Phi) is 5.03. The zero-order chi connectivity index (χ0) is 12.0. The van der Waals surface area contributed by atoms with E-state index in [0.29, 0.717) is 18.4 Å². The molecule has 0 spiro atoms. The number of ether oxygens (including phenoxy) is 1. The summed E-state index contributed by atoms with van der Waals surface area (Å²) < 4.78 is 5.12. The quantitative estimate of drug-likeness (QED) is 0.711. The van der Waals surface area contributed by atoms with Crippen LogP contribution < -0.4 is 0 Å². The summed E-state index contributed by atoms with van der Waals surface area (Å²) in [5.41, 5.74) is 1.25. The van der Waals surface area contributed by atoms with Crippen molar-refractivity contribution in [1.29, 1.82) is 0 Å². The lowest BCUT2D eigenvalue weighted by Gasteiger charge is -2.19. The molecule has 1 aromatic carbocycles. The van der Waals surface area contributed by atoms with Gasteiger partial charge in [0.25, 0.3) is 0 Å². The average Bonchev–Trinajstić information content (AvgIpc) is 2.25. The van der Waals surface area contributed by atoms with Crippen molar-refractivity contribution in [2.75, 3.05) is 6.61 Å². The van der Waals surface area contributed by atoms with E-state index in [9.17, 15) is 4.79 Å². The third-order valence-electron chi connectivity index (χ3n) is 2.51. The van der Waals surface area contributed by atoms with Crippen molar-refractivity contribution in [2.24, 2.45) is 5.92 Å². The molecule has 1 rings (SSSR count). The molecule has 0 N–H and O–H groups in total. The van der Waals surface area contributed by atoms with Gasteiger partial charge in [-0.15, -0.1) is 0 Å². The second kappa shape index (κ2) is 6.31. The molecule has 0 aliphatic carbocycles. The second-order valence-corrected chi connectivity index (χ2v) is 4.54. The van der Waals surface area contributed by atoms with Crippen LogP contribution in [0.4, 0.5) is 0 Å². The third kappa shape index (κ3) is 4.47. The van der Waals surface area contributed by atoms with Crippen molar-refractivity contribution in [3.63, 3.8) is 0 Å². The summed E-state index contributed by atoms with van der Waals surface area (Å²) in [4.78, 5) is 10.8. The smallest absolute Gasteiger partial charge is 0.302 e. The minimum absolute atomic E-state index is 0.204. The predicted octanol–water partition coefficient (Wildman–Crippen LogP) is 3.38. The first-order valence-electron chi connectivity index (χ1n) is 5.78. The van der Waals surface area contributed by atoms with Gasteiger partial charge in [-0.1, -0.05) is 44.2 Å². The number of rotatable bonds is 5. The van der Waals surface area contributed by atoms with Gasteiger partial charge < -0.3 is 4.74 Å². The van der Waals surface area contributed by atoms with Crippen molar-refractivity contribution < 1.29 is 9.53 Å². The fourth-order valence-electron chi connectivity index (χ4n) is 1.81. The highest BCUT2D eigenvalue weighted by Gasteiger charge is 2.14. The van der Waals surface area contributed by atoms with E-state index in [2.05, 4.69) is 26.0 Å². The number of benzene rings is 1. The lowest BCUT2D eigenvalue weighted by atomic mass is 9.91. The Labute approximate surface area is 97.6 Å². The van der Waals surface area contributed by atoms with Crippen molar-refractivity contribution in [2.45, 2.75) is 33.1 Å². The highest BCUT2D eigenvalue weighted by Crippen LogP contribution is 2.23. The highest BCUT2D eigenvalue weighted by atomic mass is 16.5. The van der Waals surface area contributed by atoms with Gasteiger partial charge in [-0.05, 0) is 17.9 Å². The number of esters is 1. The van der Waals surface area contributed by atoms with Gasteiger partial charge in [0.05, 0.1) is 6.61 Å². The Hall–Kier alpha value is -1.31. The van der Waals surface area contributed by atoms with Gasteiger partial charge in [-0.25, -0.2) is 0 Å². The van der Waals surface area contributed by atoms with E-state index < -0.39 is 0 Å². The molecule has 0 radical (unpaired) electrons. The molecule has 1 aromatic rings. The monoisotopic (exact) mass is 220 g/mol. The van der Waals surface area contributed by atoms with E-state index in [1.807, 2.05) is 18.2 Å². The number of carbonyl (C=O) groups is 1. The molecule has 16 heavy (non-hydrogen) atoms. The van der Waals surface area contributed by atoms with Crippen molar-refractivity contribution in [3.05, 3.63) is 35.9 Å². The van der Waals surface area contributed by atoms with E-state index in [4.69, 9.17) is 4.74 Å². The second-order valence-electron chi connectivity index (χ2n) is 4.54. The lowest BCUT2D eigenvalue weighted by molar-refractivity contribution is -0.141. The zero-order valence-corrected chi connectivity index (χ0v) is 10.3. The summed E-state index contributed by atoms with van der Waals surface area (Å²) in [5, 5.41) is 0. The fourth-order valence-corrected chi connectivity index (χ4v) is 1.81. The summed E-state index contributed by atoms with van der Waals surface area (Å²) in [7, 11) is 0. The first-order chi connectivity index (χ1) is 7.59. The van der Waals surface area contributed by atoms with Gasteiger partial charge in [0.2, 0.25) is 0 Å². The van der Waals surface area contributed by atoms with Crippen LogP contribution in [0.2, 0.25) is 0 Å². The standard InChI is InChI=1S/C14H20O2/c1-11(2)9-14(10-16-12(3)15)13-7-5-4-6-8-13/h4-8,11,14H,9-10H2,1-3H3. The van der Waals surface area contributed by atoms with Crippen LogP contribution in [0.3, 0.4) is 0 Å². The van der Waals surface area contributed by atoms with Crippen LogP contribution in [0.5, 0.6) is 0 Å². The maximum atomic E-state index is 10.8. The normalized spacial score (nSPS) is 12.5. The third-order valence-corrected chi connectivity index (χ3v) is 2.51. The SMILES string of the molecule is CC(=O)OCC(CC(C)C)c1ccccc1. The summed E-state index contributed by atoms with van der Waals surface area (Å²) in [6.07, 6.45) is 1.04. The molecule has 0 fully saturated rings. The summed E-state index contributed by atoms with van der Waals surface area (Å²) in [6.45, 7) is 6.31. The predicted molar refractivity (Wildman–Crippen MR) is 65.3 cm³/mol. The van der Waals surface area contributed by atoms with Crippen LogP contribution in [0.1, 0.15) is 38.7 Å². The maximum Gasteiger partial charge on any atom is 0.302 e. The average molecular weight is 220 g/mol. The Bertz CT molecular complexity index is 317. The molecule has 1 unspecified atom stereocenters. The van der Waals surface area contributed by atoms with Gasteiger partial charge in [-0.3, -0.25) is 4.79 Å². The fraction of sp³-hybridized carbons (Fsp3) is 0.500. The molecule has 88 valence electrons. The Morgan fingerprint density at radius 2 is 1.88 bits per heavy atom. The molecule has 2 heteroatoms. The van der Waals surface area contributed by atoms with Crippen LogP contribution >= 0.6 is 0 Å². The Morgan fingerprint density at radius 3 is 2.38 bits per heavy atom. The van der Waals surface area contributed by atoms with Crippen LogP contribution in [-0.4, -0.2) is 12.6 Å².